The molecule has 27 heavy (non-hydrogen) atoms. The van der Waals surface area contributed by atoms with Crippen LogP contribution in [0.5, 0.6) is 0 Å². The number of halogens is 4. The highest BCUT2D eigenvalue weighted by molar-refractivity contribution is 5.86. The number of anilines is 1. The van der Waals surface area contributed by atoms with Crippen molar-refractivity contribution in [1.82, 2.24) is 10.2 Å². The van der Waals surface area contributed by atoms with E-state index in [-0.39, 0.29) is 60.9 Å². The number of nitrogens with zero attached hydrogens (tertiary/aromatic N) is 2. The van der Waals surface area contributed by atoms with E-state index in [2.05, 4.69) is 15.1 Å². The summed E-state index contributed by atoms with van der Waals surface area (Å²) in [5.41, 5.74) is 6.94. The fraction of sp³-hybridized carbons (Fsp3) is 0.611. The Hall–Kier alpha value is -0.790. The van der Waals surface area contributed by atoms with Crippen LogP contribution in [0.1, 0.15) is 19.3 Å². The highest BCUT2D eigenvalue weighted by Gasteiger charge is 2.27. The highest BCUT2D eigenvalue weighted by Crippen LogP contribution is 2.24. The smallest absolute Gasteiger partial charge is 0.223 e. The third-order valence-corrected chi connectivity index (χ3v) is 5.14. The summed E-state index contributed by atoms with van der Waals surface area (Å²) in [5, 5.41) is 3.05. The van der Waals surface area contributed by atoms with Gasteiger partial charge in [-0.3, -0.25) is 9.69 Å². The number of piperazine rings is 1. The number of hydrogen-bond donors (Lipinski definition) is 2. The molecule has 1 aliphatic heterocycles. The molecule has 2 unspecified atom stereocenters. The van der Waals surface area contributed by atoms with Crippen LogP contribution in [-0.2, 0) is 4.79 Å². The number of benzene rings is 1. The molecule has 0 bridgehead atoms. The SMILES string of the molecule is Cl.Cl.Cl.NC1CCC(C(=O)NCCN2CCN(c3ccc(F)cc3)CC2)C1. The zero-order chi connectivity index (χ0) is 16.9. The van der Waals surface area contributed by atoms with E-state index in [1.807, 2.05) is 12.1 Å². The number of rotatable bonds is 5. The quantitative estimate of drug-likeness (QED) is 0.734. The van der Waals surface area contributed by atoms with E-state index in [9.17, 15) is 9.18 Å². The van der Waals surface area contributed by atoms with Crippen molar-refractivity contribution in [2.45, 2.75) is 25.3 Å². The molecule has 2 aliphatic rings. The molecule has 1 saturated heterocycles. The van der Waals surface area contributed by atoms with Gasteiger partial charge in [-0.1, -0.05) is 0 Å². The van der Waals surface area contributed by atoms with Crippen molar-refractivity contribution in [3.8, 4) is 0 Å². The molecule has 3 rings (SSSR count). The van der Waals surface area contributed by atoms with Crippen LogP contribution in [0, 0.1) is 11.7 Å². The molecule has 3 N–H and O–H groups in total. The number of hydrogen-bond acceptors (Lipinski definition) is 4. The second-order valence-corrected chi connectivity index (χ2v) is 6.87. The first-order chi connectivity index (χ1) is 11.6. The fourth-order valence-electron chi connectivity index (χ4n) is 3.62. The summed E-state index contributed by atoms with van der Waals surface area (Å²) in [4.78, 5) is 16.7. The molecule has 0 radical (unpaired) electrons. The third kappa shape index (κ3) is 7.62. The van der Waals surface area contributed by atoms with E-state index in [0.717, 1.165) is 57.7 Å². The van der Waals surface area contributed by atoms with Crippen LogP contribution in [0.4, 0.5) is 10.1 Å². The van der Waals surface area contributed by atoms with E-state index in [0.29, 0.717) is 6.54 Å². The summed E-state index contributed by atoms with van der Waals surface area (Å²) in [6.07, 6.45) is 2.70. The second-order valence-electron chi connectivity index (χ2n) is 6.87. The van der Waals surface area contributed by atoms with Crippen molar-refractivity contribution in [1.29, 1.82) is 0 Å². The van der Waals surface area contributed by atoms with Gasteiger partial charge in [-0.05, 0) is 43.5 Å². The Morgan fingerprint density at radius 3 is 2.26 bits per heavy atom. The van der Waals surface area contributed by atoms with Gasteiger partial charge in [-0.15, -0.1) is 37.2 Å². The predicted octanol–water partition coefficient (Wildman–Crippen LogP) is 2.46. The van der Waals surface area contributed by atoms with Crippen molar-refractivity contribution in [3.63, 3.8) is 0 Å². The van der Waals surface area contributed by atoms with Gasteiger partial charge in [0, 0.05) is 56.9 Å². The lowest BCUT2D eigenvalue weighted by Gasteiger charge is -2.36. The van der Waals surface area contributed by atoms with Crippen LogP contribution in [0.25, 0.3) is 0 Å². The lowest BCUT2D eigenvalue weighted by atomic mass is 10.1. The predicted molar refractivity (Wildman–Crippen MR) is 115 cm³/mol. The summed E-state index contributed by atoms with van der Waals surface area (Å²) in [5.74, 6) is 0.0690. The van der Waals surface area contributed by atoms with Crippen LogP contribution >= 0.6 is 37.2 Å². The molecule has 156 valence electrons. The molecular weight excluding hydrogens is 414 g/mol. The monoisotopic (exact) mass is 442 g/mol. The van der Waals surface area contributed by atoms with Crippen LogP contribution in [-0.4, -0.2) is 56.1 Å². The van der Waals surface area contributed by atoms with E-state index in [1.54, 1.807) is 0 Å². The molecule has 1 amide bonds. The lowest BCUT2D eigenvalue weighted by Crippen LogP contribution is -2.48. The summed E-state index contributed by atoms with van der Waals surface area (Å²) in [7, 11) is 0. The van der Waals surface area contributed by atoms with Crippen molar-refractivity contribution >= 4 is 48.8 Å². The molecule has 1 aromatic carbocycles. The maximum absolute atomic E-state index is 13.0. The van der Waals surface area contributed by atoms with Crippen molar-refractivity contribution in [3.05, 3.63) is 30.1 Å². The summed E-state index contributed by atoms with van der Waals surface area (Å²) < 4.78 is 13.0. The van der Waals surface area contributed by atoms with Crippen LogP contribution in [0.15, 0.2) is 24.3 Å². The minimum atomic E-state index is -0.198. The molecule has 0 spiro atoms. The zero-order valence-corrected chi connectivity index (χ0v) is 17.8. The standard InChI is InChI=1S/C18H27FN4O.3ClH/c19-15-2-5-17(6-3-15)23-11-9-22(10-12-23)8-7-21-18(24)14-1-4-16(20)13-14;;;/h2-3,5-6,14,16H,1,4,7-13,20H2,(H,21,24);3*1H. The molecular formula is C18H30Cl3FN4O. The van der Waals surface area contributed by atoms with Gasteiger partial charge in [0.05, 0.1) is 0 Å². The fourth-order valence-corrected chi connectivity index (χ4v) is 3.62. The average molecular weight is 444 g/mol. The normalized spacial score (nSPS) is 22.2. The average Bonchev–Trinajstić information content (AvgIpc) is 3.03. The Morgan fingerprint density at radius 1 is 1.07 bits per heavy atom. The molecule has 2 fully saturated rings. The Morgan fingerprint density at radius 2 is 1.70 bits per heavy atom. The van der Waals surface area contributed by atoms with E-state index in [4.69, 9.17) is 5.73 Å². The first-order valence-electron chi connectivity index (χ1n) is 8.88. The van der Waals surface area contributed by atoms with Crippen molar-refractivity contribution in [2.75, 3.05) is 44.2 Å². The van der Waals surface area contributed by atoms with Gasteiger partial charge in [0.1, 0.15) is 5.82 Å². The summed E-state index contributed by atoms with van der Waals surface area (Å²) in [6, 6.07) is 6.87. The zero-order valence-electron chi connectivity index (χ0n) is 15.3. The van der Waals surface area contributed by atoms with Gasteiger partial charge in [0.15, 0.2) is 0 Å². The molecule has 0 aromatic heterocycles. The Bertz CT molecular complexity index is 556. The largest absolute Gasteiger partial charge is 0.369 e. The number of carbonyl (C=O) groups is 1. The number of carbonyl (C=O) groups excluding carboxylic acids is 1. The van der Waals surface area contributed by atoms with Crippen molar-refractivity contribution < 1.29 is 9.18 Å². The number of nitrogens with one attached hydrogen (secondary N) is 1. The first-order valence-corrected chi connectivity index (χ1v) is 8.88. The van der Waals surface area contributed by atoms with Gasteiger partial charge in [-0.2, -0.15) is 0 Å². The van der Waals surface area contributed by atoms with E-state index < -0.39 is 0 Å². The topological polar surface area (TPSA) is 61.6 Å². The molecule has 9 heteroatoms. The summed E-state index contributed by atoms with van der Waals surface area (Å²) >= 11 is 0. The van der Waals surface area contributed by atoms with Gasteiger partial charge >= 0.3 is 0 Å². The number of nitrogens with two attached hydrogens (primary N) is 1. The first kappa shape index (κ1) is 26.2. The van der Waals surface area contributed by atoms with Crippen molar-refractivity contribution in [2.24, 2.45) is 11.7 Å². The number of amides is 1. The Kier molecular flexibility index (Phi) is 12.3. The molecule has 1 aromatic rings. The second kappa shape index (κ2) is 12.6. The molecule has 2 atom stereocenters. The van der Waals surface area contributed by atoms with Crippen LogP contribution in [0.3, 0.4) is 0 Å². The minimum absolute atomic E-state index is 0. The highest BCUT2D eigenvalue weighted by atomic mass is 35.5. The van der Waals surface area contributed by atoms with E-state index >= 15 is 0 Å². The Balaban J connectivity index is 0.00000225. The van der Waals surface area contributed by atoms with Gasteiger partial charge < -0.3 is 16.0 Å². The van der Waals surface area contributed by atoms with Crippen LogP contribution in [0.2, 0.25) is 0 Å². The maximum atomic E-state index is 13.0. The molecule has 1 aliphatic carbocycles. The Labute approximate surface area is 179 Å². The summed E-state index contributed by atoms with van der Waals surface area (Å²) in [6.45, 7) is 5.35. The van der Waals surface area contributed by atoms with Gasteiger partial charge in [0.25, 0.3) is 0 Å². The minimum Gasteiger partial charge on any atom is -0.369 e. The van der Waals surface area contributed by atoms with Crippen LogP contribution < -0.4 is 16.0 Å². The van der Waals surface area contributed by atoms with Gasteiger partial charge in [0.2, 0.25) is 5.91 Å². The third-order valence-electron chi connectivity index (χ3n) is 5.14. The van der Waals surface area contributed by atoms with Gasteiger partial charge in [-0.25, -0.2) is 4.39 Å². The lowest BCUT2D eigenvalue weighted by molar-refractivity contribution is -0.124. The maximum Gasteiger partial charge on any atom is 0.223 e. The van der Waals surface area contributed by atoms with E-state index in [1.165, 1.54) is 12.1 Å². The molecule has 1 heterocycles. The molecule has 5 nitrogen and oxygen atoms in total. The molecule has 1 saturated carbocycles.